The van der Waals surface area contributed by atoms with Crippen molar-refractivity contribution in [3.05, 3.63) is 0 Å². The van der Waals surface area contributed by atoms with Crippen molar-refractivity contribution in [2.24, 2.45) is 11.8 Å². The Bertz CT molecular complexity index is 342. The van der Waals surface area contributed by atoms with Crippen LogP contribution in [-0.2, 0) is 9.84 Å². The van der Waals surface area contributed by atoms with Gasteiger partial charge in [0.2, 0.25) is 0 Å². The summed E-state index contributed by atoms with van der Waals surface area (Å²) < 4.78 is 49.8. The summed E-state index contributed by atoms with van der Waals surface area (Å²) in [7, 11) is -2.96. The Morgan fingerprint density at radius 1 is 1.19 bits per heavy atom. The molecule has 2 fully saturated rings. The molecule has 0 radical (unpaired) electrons. The van der Waals surface area contributed by atoms with Crippen LogP contribution in [0.4, 0.5) is 8.78 Å². The van der Waals surface area contributed by atoms with E-state index in [1.54, 1.807) is 0 Å². The SMILES string of the molecule is O=S1(=O)CCC(C2CNCCC2(F)F)CC1. The van der Waals surface area contributed by atoms with E-state index in [-0.39, 0.29) is 23.8 Å². The van der Waals surface area contributed by atoms with Crippen LogP contribution in [0.5, 0.6) is 0 Å². The van der Waals surface area contributed by atoms with Crippen LogP contribution in [0, 0.1) is 11.8 Å². The molecule has 0 spiro atoms. The second-order valence-electron chi connectivity index (χ2n) is 4.81. The summed E-state index contributed by atoms with van der Waals surface area (Å²) in [6, 6.07) is 0. The maximum atomic E-state index is 13.7. The summed E-state index contributed by atoms with van der Waals surface area (Å²) in [6.07, 6.45) is 0.662. The number of rotatable bonds is 1. The third kappa shape index (κ3) is 2.53. The molecule has 1 atom stereocenters. The van der Waals surface area contributed by atoms with Gasteiger partial charge in [0.1, 0.15) is 9.84 Å². The highest BCUT2D eigenvalue weighted by molar-refractivity contribution is 7.91. The Balaban J connectivity index is 2.02. The van der Waals surface area contributed by atoms with Crippen LogP contribution >= 0.6 is 0 Å². The summed E-state index contributed by atoms with van der Waals surface area (Å²) in [6.45, 7) is 0.673. The van der Waals surface area contributed by atoms with Gasteiger partial charge in [-0.05, 0) is 18.8 Å². The first-order chi connectivity index (χ1) is 7.41. The molecule has 0 amide bonds. The molecule has 2 saturated heterocycles. The molecule has 2 aliphatic rings. The van der Waals surface area contributed by atoms with E-state index in [0.717, 1.165) is 0 Å². The van der Waals surface area contributed by atoms with Crippen LogP contribution in [0.1, 0.15) is 19.3 Å². The Hall–Kier alpha value is -0.230. The third-order valence-corrected chi connectivity index (χ3v) is 5.43. The van der Waals surface area contributed by atoms with E-state index in [0.29, 0.717) is 25.9 Å². The topological polar surface area (TPSA) is 46.2 Å². The van der Waals surface area contributed by atoms with E-state index < -0.39 is 21.7 Å². The summed E-state index contributed by atoms with van der Waals surface area (Å²) in [5.41, 5.74) is 0. The first-order valence-electron chi connectivity index (χ1n) is 5.70. The lowest BCUT2D eigenvalue weighted by atomic mass is 9.80. The highest BCUT2D eigenvalue weighted by Crippen LogP contribution is 2.39. The number of hydrogen-bond donors (Lipinski definition) is 1. The highest BCUT2D eigenvalue weighted by atomic mass is 32.2. The van der Waals surface area contributed by atoms with Gasteiger partial charge in [-0.25, -0.2) is 17.2 Å². The van der Waals surface area contributed by atoms with E-state index >= 15 is 0 Å². The number of alkyl halides is 2. The molecule has 16 heavy (non-hydrogen) atoms. The number of sulfone groups is 1. The molecule has 0 aromatic carbocycles. The zero-order valence-electron chi connectivity index (χ0n) is 9.09. The monoisotopic (exact) mass is 253 g/mol. The van der Waals surface area contributed by atoms with Crippen molar-refractivity contribution in [2.75, 3.05) is 24.6 Å². The van der Waals surface area contributed by atoms with Crippen LogP contribution < -0.4 is 5.32 Å². The van der Waals surface area contributed by atoms with Crippen LogP contribution in [0.2, 0.25) is 0 Å². The Kier molecular flexibility index (Phi) is 3.22. The average molecular weight is 253 g/mol. The van der Waals surface area contributed by atoms with Crippen molar-refractivity contribution in [3.8, 4) is 0 Å². The van der Waals surface area contributed by atoms with Gasteiger partial charge in [-0.1, -0.05) is 0 Å². The molecule has 0 bridgehead atoms. The summed E-state index contributed by atoms with van der Waals surface area (Å²) in [5.74, 6) is -3.31. The minimum absolute atomic E-state index is 0.0737. The average Bonchev–Trinajstić information content (AvgIpc) is 2.18. The van der Waals surface area contributed by atoms with Crippen LogP contribution in [0.15, 0.2) is 0 Å². The van der Waals surface area contributed by atoms with Crippen molar-refractivity contribution < 1.29 is 17.2 Å². The van der Waals surface area contributed by atoms with Crippen molar-refractivity contribution >= 4 is 9.84 Å². The zero-order valence-corrected chi connectivity index (χ0v) is 9.90. The fourth-order valence-electron chi connectivity index (χ4n) is 2.67. The van der Waals surface area contributed by atoms with Gasteiger partial charge >= 0.3 is 0 Å². The highest BCUT2D eigenvalue weighted by Gasteiger charge is 2.46. The molecule has 1 unspecified atom stereocenters. The maximum Gasteiger partial charge on any atom is 0.253 e. The van der Waals surface area contributed by atoms with E-state index in [9.17, 15) is 17.2 Å². The molecule has 94 valence electrons. The molecule has 6 heteroatoms. The van der Waals surface area contributed by atoms with E-state index in [4.69, 9.17) is 0 Å². The molecular weight excluding hydrogens is 236 g/mol. The number of halogens is 2. The van der Waals surface area contributed by atoms with Crippen molar-refractivity contribution in [1.29, 1.82) is 0 Å². The molecule has 3 nitrogen and oxygen atoms in total. The predicted molar refractivity (Wildman–Crippen MR) is 57.3 cm³/mol. The van der Waals surface area contributed by atoms with Crippen molar-refractivity contribution in [1.82, 2.24) is 5.32 Å². The second-order valence-corrected chi connectivity index (χ2v) is 7.11. The molecule has 2 rings (SSSR count). The van der Waals surface area contributed by atoms with Crippen LogP contribution in [0.25, 0.3) is 0 Å². The van der Waals surface area contributed by atoms with Gasteiger partial charge in [-0.15, -0.1) is 0 Å². The van der Waals surface area contributed by atoms with Crippen LogP contribution in [-0.4, -0.2) is 38.9 Å². The Morgan fingerprint density at radius 3 is 2.38 bits per heavy atom. The summed E-state index contributed by atoms with van der Waals surface area (Å²) in [4.78, 5) is 0. The van der Waals surface area contributed by atoms with Gasteiger partial charge in [-0.3, -0.25) is 0 Å². The molecule has 1 N–H and O–H groups in total. The lowest BCUT2D eigenvalue weighted by Crippen LogP contribution is -2.49. The minimum Gasteiger partial charge on any atom is -0.316 e. The van der Waals surface area contributed by atoms with E-state index in [1.807, 2.05) is 0 Å². The van der Waals surface area contributed by atoms with Crippen molar-refractivity contribution in [2.45, 2.75) is 25.2 Å². The lowest BCUT2D eigenvalue weighted by Gasteiger charge is -2.38. The molecule has 0 aromatic rings. The first-order valence-corrected chi connectivity index (χ1v) is 7.52. The number of hydrogen-bond acceptors (Lipinski definition) is 3. The van der Waals surface area contributed by atoms with Gasteiger partial charge in [0.25, 0.3) is 5.92 Å². The van der Waals surface area contributed by atoms with E-state index in [1.165, 1.54) is 0 Å². The predicted octanol–water partition coefficient (Wildman–Crippen LogP) is 1.06. The van der Waals surface area contributed by atoms with Gasteiger partial charge < -0.3 is 5.32 Å². The normalized spacial score (nSPS) is 34.8. The molecule has 0 aromatic heterocycles. The number of nitrogens with one attached hydrogen (secondary N) is 1. The van der Waals surface area contributed by atoms with Gasteiger partial charge in [-0.2, -0.15) is 0 Å². The van der Waals surface area contributed by atoms with Crippen molar-refractivity contribution in [3.63, 3.8) is 0 Å². The van der Waals surface area contributed by atoms with Crippen LogP contribution in [0.3, 0.4) is 0 Å². The lowest BCUT2D eigenvalue weighted by molar-refractivity contribution is -0.100. The molecule has 2 heterocycles. The second kappa shape index (κ2) is 4.22. The largest absolute Gasteiger partial charge is 0.316 e. The smallest absolute Gasteiger partial charge is 0.253 e. The third-order valence-electron chi connectivity index (χ3n) is 3.71. The first kappa shape index (κ1) is 12.2. The van der Waals surface area contributed by atoms with E-state index in [2.05, 4.69) is 5.32 Å². The zero-order chi connectivity index (χ0) is 11.8. The summed E-state index contributed by atoms with van der Waals surface area (Å²) >= 11 is 0. The standard InChI is InChI=1S/C10H17F2NO2S/c11-10(12)3-4-13-7-9(10)8-1-5-16(14,15)6-2-8/h8-9,13H,1-7H2. The van der Waals surface area contributed by atoms with Gasteiger partial charge in [0.15, 0.2) is 0 Å². The quantitative estimate of drug-likeness (QED) is 0.760. The Morgan fingerprint density at radius 2 is 1.81 bits per heavy atom. The van der Waals surface area contributed by atoms with Gasteiger partial charge in [0, 0.05) is 25.4 Å². The molecule has 0 aliphatic carbocycles. The fourth-order valence-corrected chi connectivity index (χ4v) is 4.20. The molecule has 0 saturated carbocycles. The minimum atomic E-state index is -2.96. The molecular formula is C10H17F2NO2S. The fraction of sp³-hybridized carbons (Fsp3) is 1.00. The number of piperidine rings is 1. The summed E-state index contributed by atoms with van der Waals surface area (Å²) in [5, 5.41) is 2.98. The maximum absolute atomic E-state index is 13.7. The van der Waals surface area contributed by atoms with Gasteiger partial charge in [0.05, 0.1) is 11.5 Å². The molecule has 2 aliphatic heterocycles. The Labute approximate surface area is 94.5 Å².